The zero-order valence-corrected chi connectivity index (χ0v) is 22.6. The van der Waals surface area contributed by atoms with Gasteiger partial charge in [0.05, 0.1) is 23.8 Å². The van der Waals surface area contributed by atoms with Crippen molar-refractivity contribution in [1.29, 1.82) is 0 Å². The van der Waals surface area contributed by atoms with Gasteiger partial charge < -0.3 is 19.7 Å². The second-order valence-electron chi connectivity index (χ2n) is 10.5. The molecule has 3 aromatic carbocycles. The molecule has 4 aromatic rings. The van der Waals surface area contributed by atoms with Crippen molar-refractivity contribution in [3.63, 3.8) is 0 Å². The molecule has 6 nitrogen and oxygen atoms in total. The molecule has 1 amide bonds. The lowest BCUT2D eigenvalue weighted by molar-refractivity contribution is -0.160. The summed E-state index contributed by atoms with van der Waals surface area (Å²) in [4.78, 5) is 26.1. The van der Waals surface area contributed by atoms with Gasteiger partial charge in [0.1, 0.15) is 11.9 Å². The van der Waals surface area contributed by atoms with Crippen LogP contribution in [0.5, 0.6) is 0 Å². The summed E-state index contributed by atoms with van der Waals surface area (Å²) < 4.78 is 21.7. The molecular formula is C33H33FN2O4. The van der Waals surface area contributed by atoms with Gasteiger partial charge in [-0.25, -0.2) is 4.39 Å². The summed E-state index contributed by atoms with van der Waals surface area (Å²) in [6, 6.07) is 25.3. The van der Waals surface area contributed by atoms with E-state index in [1.165, 1.54) is 12.1 Å². The second-order valence-corrected chi connectivity index (χ2v) is 10.5. The number of para-hydroxylation sites is 1. The number of nitrogens with one attached hydrogen (secondary N) is 1. The number of benzene rings is 3. The number of hydrogen-bond acceptors (Lipinski definition) is 4. The number of rotatable bonds is 8. The minimum Gasteiger partial charge on any atom is -0.462 e. The van der Waals surface area contributed by atoms with Gasteiger partial charge in [-0.1, -0.05) is 62.4 Å². The predicted molar refractivity (Wildman–Crippen MR) is 153 cm³/mol. The highest BCUT2D eigenvalue weighted by Gasteiger charge is 2.32. The summed E-state index contributed by atoms with van der Waals surface area (Å²) in [5, 5.41) is 13.2. The third kappa shape index (κ3) is 5.84. The van der Waals surface area contributed by atoms with E-state index < -0.39 is 18.2 Å². The molecule has 1 aromatic heterocycles. The Morgan fingerprint density at radius 1 is 1.00 bits per heavy atom. The van der Waals surface area contributed by atoms with Crippen LogP contribution in [0.2, 0.25) is 0 Å². The lowest BCUT2D eigenvalue weighted by atomic mass is 9.94. The maximum Gasteiger partial charge on any atom is 0.308 e. The number of carbonyl (C=O) groups is 2. The number of anilines is 1. The van der Waals surface area contributed by atoms with E-state index in [1.807, 2.05) is 74.5 Å². The first kappa shape index (κ1) is 27.3. The van der Waals surface area contributed by atoms with E-state index >= 15 is 0 Å². The molecule has 1 aliphatic heterocycles. The molecule has 206 valence electrons. The first-order valence-corrected chi connectivity index (χ1v) is 13.6. The molecule has 1 saturated heterocycles. The number of esters is 1. The average molecular weight is 541 g/mol. The minimum atomic E-state index is -0.732. The van der Waals surface area contributed by atoms with Crippen LogP contribution in [-0.4, -0.2) is 33.8 Å². The van der Waals surface area contributed by atoms with Crippen molar-refractivity contribution in [2.24, 2.45) is 0 Å². The van der Waals surface area contributed by atoms with Crippen LogP contribution in [0.4, 0.5) is 10.1 Å². The van der Waals surface area contributed by atoms with E-state index in [9.17, 15) is 19.1 Å². The fraction of sp³-hybridized carbons (Fsp3) is 0.273. The number of amides is 1. The molecule has 0 spiro atoms. The second kappa shape index (κ2) is 11.9. The van der Waals surface area contributed by atoms with Gasteiger partial charge in [-0.2, -0.15) is 0 Å². The Bertz CT molecular complexity index is 1480. The fourth-order valence-corrected chi connectivity index (χ4v) is 5.52. The molecule has 0 radical (unpaired) electrons. The van der Waals surface area contributed by atoms with Crippen LogP contribution in [0.3, 0.4) is 0 Å². The molecule has 1 fully saturated rings. The molecule has 0 aliphatic carbocycles. The van der Waals surface area contributed by atoms with Crippen molar-refractivity contribution >= 4 is 17.6 Å². The minimum absolute atomic E-state index is 0.0000536. The van der Waals surface area contributed by atoms with Crippen LogP contribution in [0.1, 0.15) is 55.1 Å². The van der Waals surface area contributed by atoms with Gasteiger partial charge in [0, 0.05) is 36.3 Å². The Morgan fingerprint density at radius 3 is 2.27 bits per heavy atom. The molecule has 7 heteroatoms. The summed E-state index contributed by atoms with van der Waals surface area (Å²) in [5.41, 5.74) is 5.22. The number of halogens is 1. The zero-order chi connectivity index (χ0) is 28.2. The maximum atomic E-state index is 14.1. The zero-order valence-electron chi connectivity index (χ0n) is 22.6. The topological polar surface area (TPSA) is 80.6 Å². The Hall–Kier alpha value is -4.23. The number of aromatic nitrogens is 1. The van der Waals surface area contributed by atoms with E-state index in [0.717, 1.165) is 28.1 Å². The predicted octanol–water partition coefficient (Wildman–Crippen LogP) is 6.79. The summed E-state index contributed by atoms with van der Waals surface area (Å²) in [6.45, 7) is 4.51. The first-order chi connectivity index (χ1) is 19.3. The molecule has 0 bridgehead atoms. The lowest BCUT2D eigenvalue weighted by Crippen LogP contribution is -2.33. The Balaban J connectivity index is 1.71. The standard InChI is InChI=1S/C33H33FN2O4/c1-21(2)31-30(33(39)35-25-11-7-4-8-12-25)29(22-9-5-3-6-10-22)32(23-13-15-24(34)16-14-23)36(31)18-17-27-19-26(37)20-28(38)40-27/h3-16,21,26-27,37H,17-20H2,1-2H3,(H,35,39)/t26-,27?/m0/s1. The monoisotopic (exact) mass is 540 g/mol. The Kier molecular flexibility index (Phi) is 8.12. The van der Waals surface area contributed by atoms with Crippen LogP contribution in [0, 0.1) is 5.82 Å². The van der Waals surface area contributed by atoms with Crippen molar-refractivity contribution in [3.8, 4) is 22.4 Å². The summed E-state index contributed by atoms with van der Waals surface area (Å²) >= 11 is 0. The van der Waals surface area contributed by atoms with Crippen molar-refractivity contribution in [2.45, 2.75) is 57.8 Å². The number of hydrogen-bond donors (Lipinski definition) is 2. The van der Waals surface area contributed by atoms with Gasteiger partial charge in [0.15, 0.2) is 0 Å². The van der Waals surface area contributed by atoms with Gasteiger partial charge >= 0.3 is 5.97 Å². The van der Waals surface area contributed by atoms with E-state index in [2.05, 4.69) is 9.88 Å². The molecule has 2 N–H and O–H groups in total. The smallest absolute Gasteiger partial charge is 0.308 e. The number of cyclic esters (lactones) is 1. The SMILES string of the molecule is CC(C)c1c(C(=O)Nc2ccccc2)c(-c2ccccc2)c(-c2ccc(F)cc2)n1CCC1C[C@H](O)CC(=O)O1. The van der Waals surface area contributed by atoms with E-state index in [-0.39, 0.29) is 24.1 Å². The van der Waals surface area contributed by atoms with Crippen LogP contribution in [0.25, 0.3) is 22.4 Å². The van der Waals surface area contributed by atoms with Crippen LogP contribution in [-0.2, 0) is 16.1 Å². The first-order valence-electron chi connectivity index (χ1n) is 13.6. The number of aliphatic hydroxyl groups is 1. The van der Waals surface area contributed by atoms with E-state index in [0.29, 0.717) is 30.6 Å². The van der Waals surface area contributed by atoms with Gasteiger partial charge in [0.25, 0.3) is 5.91 Å². The third-order valence-electron chi connectivity index (χ3n) is 7.20. The molecule has 2 heterocycles. The maximum absolute atomic E-state index is 14.1. The Labute approximate surface area is 233 Å². The van der Waals surface area contributed by atoms with Gasteiger partial charge in [-0.15, -0.1) is 0 Å². The molecule has 0 saturated carbocycles. The van der Waals surface area contributed by atoms with Gasteiger partial charge in [-0.05, 0) is 53.4 Å². The van der Waals surface area contributed by atoms with Crippen LogP contribution < -0.4 is 5.32 Å². The highest BCUT2D eigenvalue weighted by atomic mass is 19.1. The Morgan fingerprint density at radius 2 is 1.65 bits per heavy atom. The molecule has 5 rings (SSSR count). The van der Waals surface area contributed by atoms with Crippen molar-refractivity contribution in [3.05, 3.63) is 102 Å². The van der Waals surface area contributed by atoms with Crippen molar-refractivity contribution in [2.75, 3.05) is 5.32 Å². The largest absolute Gasteiger partial charge is 0.462 e. The quantitative estimate of drug-likeness (QED) is 0.241. The van der Waals surface area contributed by atoms with Crippen molar-refractivity contribution in [1.82, 2.24) is 4.57 Å². The number of nitrogens with zero attached hydrogens (tertiary/aromatic N) is 1. The average Bonchev–Trinajstić information content (AvgIpc) is 3.28. The van der Waals surface area contributed by atoms with Gasteiger partial charge in [-0.3, -0.25) is 9.59 Å². The van der Waals surface area contributed by atoms with Crippen LogP contribution in [0.15, 0.2) is 84.9 Å². The normalized spacial score (nSPS) is 17.1. The summed E-state index contributed by atoms with van der Waals surface area (Å²) in [5.74, 6) is -1.05. The van der Waals surface area contributed by atoms with Crippen LogP contribution >= 0.6 is 0 Å². The fourth-order valence-electron chi connectivity index (χ4n) is 5.52. The lowest BCUT2D eigenvalue weighted by Gasteiger charge is -2.27. The highest BCUT2D eigenvalue weighted by molar-refractivity contribution is 6.12. The van der Waals surface area contributed by atoms with E-state index in [4.69, 9.17) is 4.74 Å². The van der Waals surface area contributed by atoms with Gasteiger partial charge in [0.2, 0.25) is 0 Å². The summed E-state index contributed by atoms with van der Waals surface area (Å²) in [7, 11) is 0. The molecule has 40 heavy (non-hydrogen) atoms. The number of aliphatic hydroxyl groups excluding tert-OH is 1. The number of carbonyl (C=O) groups excluding carboxylic acids is 2. The molecular weight excluding hydrogens is 507 g/mol. The van der Waals surface area contributed by atoms with E-state index in [1.54, 1.807) is 12.1 Å². The molecule has 1 aliphatic rings. The summed E-state index contributed by atoms with van der Waals surface area (Å²) in [6.07, 6.45) is -0.354. The van der Waals surface area contributed by atoms with Crippen molar-refractivity contribution < 1.29 is 23.8 Å². The molecule has 2 atom stereocenters. The highest BCUT2D eigenvalue weighted by Crippen LogP contribution is 2.42. The number of ether oxygens (including phenoxy) is 1. The third-order valence-corrected chi connectivity index (χ3v) is 7.20. The molecule has 1 unspecified atom stereocenters.